The average Bonchev–Trinajstić information content (AvgIpc) is 2.91. The summed E-state index contributed by atoms with van der Waals surface area (Å²) in [5, 5.41) is 28.9. The third-order valence-electron chi connectivity index (χ3n) is 7.07. The Morgan fingerprint density at radius 1 is 1.03 bits per heavy atom. The lowest BCUT2D eigenvalue weighted by atomic mass is 9.90. The molecule has 0 aliphatic carbocycles. The molecule has 2 atom stereocenters. The average molecular weight is 527 g/mol. The zero-order valence-corrected chi connectivity index (χ0v) is 22.2. The number of ketones is 1. The number of carbonyl (C=O) groups excluding carboxylic acids is 1. The number of anilines is 2. The highest BCUT2D eigenvalue weighted by Crippen LogP contribution is 2.39. The van der Waals surface area contributed by atoms with Gasteiger partial charge in [-0.15, -0.1) is 0 Å². The molecule has 0 saturated heterocycles. The van der Waals surface area contributed by atoms with Crippen LogP contribution in [0, 0.1) is 6.92 Å². The molecule has 3 N–H and O–H groups in total. The van der Waals surface area contributed by atoms with Crippen LogP contribution in [0.25, 0.3) is 16.5 Å². The lowest BCUT2D eigenvalue weighted by molar-refractivity contribution is -0.116. The highest BCUT2D eigenvalue weighted by molar-refractivity contribution is 6.30. The first-order valence-electron chi connectivity index (χ1n) is 12.9. The normalized spacial score (nSPS) is 15.9. The van der Waals surface area contributed by atoms with E-state index in [0.717, 1.165) is 39.7 Å². The van der Waals surface area contributed by atoms with E-state index >= 15 is 0 Å². The molecule has 1 aliphatic rings. The third kappa shape index (κ3) is 5.00. The van der Waals surface area contributed by atoms with Crippen molar-refractivity contribution in [2.24, 2.45) is 0 Å². The minimum atomic E-state index is -1.24. The van der Waals surface area contributed by atoms with Crippen molar-refractivity contribution in [3.63, 3.8) is 0 Å². The van der Waals surface area contributed by atoms with Crippen molar-refractivity contribution in [3.8, 4) is 0 Å². The Balaban J connectivity index is 1.54. The quantitative estimate of drug-likeness (QED) is 0.222. The molecule has 0 saturated carbocycles. The van der Waals surface area contributed by atoms with E-state index in [0.29, 0.717) is 17.1 Å². The Morgan fingerprint density at radius 2 is 1.76 bits per heavy atom. The van der Waals surface area contributed by atoms with Crippen molar-refractivity contribution in [2.45, 2.75) is 39.0 Å². The van der Waals surface area contributed by atoms with Gasteiger partial charge in [-0.3, -0.25) is 4.79 Å². The molecule has 1 heterocycles. The fourth-order valence-corrected chi connectivity index (χ4v) is 5.30. The summed E-state index contributed by atoms with van der Waals surface area (Å²) in [7, 11) is 0. The number of aliphatic hydroxyl groups excluding tert-OH is 2. The minimum absolute atomic E-state index is 0.0217. The summed E-state index contributed by atoms with van der Waals surface area (Å²) in [6, 6.07) is 26.7. The van der Waals surface area contributed by atoms with E-state index in [1.807, 2.05) is 86.6 Å². The molecule has 0 radical (unpaired) electrons. The zero-order valence-electron chi connectivity index (χ0n) is 21.5. The van der Waals surface area contributed by atoms with Crippen LogP contribution in [0.2, 0.25) is 5.02 Å². The van der Waals surface area contributed by atoms with Crippen LogP contribution in [0.5, 0.6) is 0 Å². The Labute approximate surface area is 228 Å². The molecule has 5 nitrogen and oxygen atoms in total. The summed E-state index contributed by atoms with van der Waals surface area (Å²) in [5.74, 6) is -0.486. The standard InChI is InChI=1S/C32H31ClN2O3/c1-3-17-35-28-18-20(2)11-16-25(28)31(37)30(32(35)38)29(36)19-27(22-12-14-23(33)15-13-22)34-26-10-6-8-21-7-4-5-9-24(21)26/h4-16,18,27,32,34,37-38H,3,17,19H2,1-2H3. The predicted molar refractivity (Wildman–Crippen MR) is 156 cm³/mol. The summed E-state index contributed by atoms with van der Waals surface area (Å²) in [6.45, 7) is 4.54. The Hall–Kier alpha value is -3.80. The van der Waals surface area contributed by atoms with Gasteiger partial charge in [-0.1, -0.05) is 73.1 Å². The molecule has 6 heteroatoms. The number of Topliss-reactive ketones (excluding diaryl/α,β-unsaturated/α-hetero) is 1. The molecule has 0 spiro atoms. The molecule has 4 aromatic rings. The first-order chi connectivity index (χ1) is 18.4. The maximum absolute atomic E-state index is 13.9. The van der Waals surface area contributed by atoms with Crippen LogP contribution in [0.3, 0.4) is 0 Å². The van der Waals surface area contributed by atoms with Crippen LogP contribution in [0.15, 0.2) is 90.5 Å². The van der Waals surface area contributed by atoms with E-state index in [4.69, 9.17) is 11.6 Å². The molecule has 194 valence electrons. The number of hydrogen-bond acceptors (Lipinski definition) is 5. The van der Waals surface area contributed by atoms with Crippen molar-refractivity contribution in [3.05, 3.63) is 112 Å². The molecular weight excluding hydrogens is 496 g/mol. The Kier molecular flexibility index (Phi) is 7.41. The Bertz CT molecular complexity index is 1510. The number of hydrogen-bond donors (Lipinski definition) is 3. The molecule has 5 rings (SSSR count). The molecule has 0 aromatic heterocycles. The van der Waals surface area contributed by atoms with Gasteiger partial charge in [-0.25, -0.2) is 0 Å². The number of nitrogens with zero attached hydrogens (tertiary/aromatic N) is 1. The van der Waals surface area contributed by atoms with Gasteiger partial charge in [0.25, 0.3) is 0 Å². The smallest absolute Gasteiger partial charge is 0.169 e. The molecule has 4 aromatic carbocycles. The van der Waals surface area contributed by atoms with Crippen LogP contribution in [0.4, 0.5) is 11.4 Å². The summed E-state index contributed by atoms with van der Waals surface area (Å²) in [6.07, 6.45) is -0.425. The van der Waals surface area contributed by atoms with Crippen molar-refractivity contribution >= 4 is 45.3 Å². The zero-order chi connectivity index (χ0) is 26.8. The first-order valence-corrected chi connectivity index (χ1v) is 13.3. The second kappa shape index (κ2) is 10.9. The van der Waals surface area contributed by atoms with Gasteiger partial charge in [-0.2, -0.15) is 0 Å². The van der Waals surface area contributed by atoms with Crippen LogP contribution in [-0.4, -0.2) is 28.8 Å². The number of aryl methyl sites for hydroxylation is 1. The maximum atomic E-state index is 13.9. The minimum Gasteiger partial charge on any atom is -0.507 e. The first kappa shape index (κ1) is 25.8. The van der Waals surface area contributed by atoms with Crippen molar-refractivity contribution in [1.29, 1.82) is 0 Å². The highest BCUT2D eigenvalue weighted by Gasteiger charge is 2.36. The van der Waals surface area contributed by atoms with Crippen LogP contribution < -0.4 is 10.2 Å². The van der Waals surface area contributed by atoms with Gasteiger partial charge >= 0.3 is 0 Å². The lowest BCUT2D eigenvalue weighted by Gasteiger charge is -2.37. The molecule has 0 bridgehead atoms. The summed E-state index contributed by atoms with van der Waals surface area (Å²) in [4.78, 5) is 15.7. The van der Waals surface area contributed by atoms with Gasteiger partial charge in [-0.05, 0) is 60.2 Å². The number of carbonyl (C=O) groups is 1. The lowest BCUT2D eigenvalue weighted by Crippen LogP contribution is -2.43. The fraction of sp³-hybridized carbons (Fsp3) is 0.219. The summed E-state index contributed by atoms with van der Waals surface area (Å²) < 4.78 is 0. The van der Waals surface area contributed by atoms with Gasteiger partial charge in [0.15, 0.2) is 12.0 Å². The predicted octanol–water partition coefficient (Wildman–Crippen LogP) is 7.43. The van der Waals surface area contributed by atoms with Gasteiger partial charge in [0, 0.05) is 34.6 Å². The SMILES string of the molecule is CCCN1c2cc(C)ccc2C(O)=C(C(=O)CC(Nc2cccc3ccccc23)c2ccc(Cl)cc2)C1O. The number of nitrogens with one attached hydrogen (secondary N) is 1. The molecule has 38 heavy (non-hydrogen) atoms. The van der Waals surface area contributed by atoms with E-state index in [2.05, 4.69) is 5.32 Å². The van der Waals surface area contributed by atoms with Crippen LogP contribution in [-0.2, 0) is 4.79 Å². The number of fused-ring (bicyclic) bond motifs is 2. The number of benzene rings is 4. The molecule has 0 amide bonds. The van der Waals surface area contributed by atoms with Crippen molar-refractivity contribution < 1.29 is 15.0 Å². The van der Waals surface area contributed by atoms with Crippen LogP contribution >= 0.6 is 11.6 Å². The van der Waals surface area contributed by atoms with E-state index in [1.54, 1.807) is 17.0 Å². The van der Waals surface area contributed by atoms with E-state index in [9.17, 15) is 15.0 Å². The number of rotatable bonds is 8. The molecule has 0 fully saturated rings. The second-order valence-electron chi connectivity index (χ2n) is 9.75. The van der Waals surface area contributed by atoms with E-state index in [1.165, 1.54) is 0 Å². The maximum Gasteiger partial charge on any atom is 0.169 e. The highest BCUT2D eigenvalue weighted by atomic mass is 35.5. The van der Waals surface area contributed by atoms with Crippen LogP contribution in [0.1, 0.15) is 42.5 Å². The monoisotopic (exact) mass is 526 g/mol. The molecule has 1 aliphatic heterocycles. The number of aliphatic hydroxyl groups is 2. The summed E-state index contributed by atoms with van der Waals surface area (Å²) in [5.41, 5.74) is 4.10. The Morgan fingerprint density at radius 3 is 2.53 bits per heavy atom. The van der Waals surface area contributed by atoms with E-state index < -0.39 is 12.3 Å². The third-order valence-corrected chi connectivity index (χ3v) is 7.32. The largest absolute Gasteiger partial charge is 0.507 e. The van der Waals surface area contributed by atoms with E-state index in [-0.39, 0.29) is 23.5 Å². The fourth-order valence-electron chi connectivity index (χ4n) is 5.18. The van der Waals surface area contributed by atoms with Gasteiger partial charge in [0.2, 0.25) is 0 Å². The summed E-state index contributed by atoms with van der Waals surface area (Å²) >= 11 is 6.16. The van der Waals surface area contributed by atoms with Gasteiger partial charge in [0.05, 0.1) is 17.3 Å². The molecular formula is C32H31ClN2O3. The van der Waals surface area contributed by atoms with Gasteiger partial charge < -0.3 is 20.4 Å². The number of halogens is 1. The molecule has 2 unspecified atom stereocenters. The van der Waals surface area contributed by atoms with Crippen molar-refractivity contribution in [1.82, 2.24) is 0 Å². The topological polar surface area (TPSA) is 72.8 Å². The van der Waals surface area contributed by atoms with Gasteiger partial charge in [0.1, 0.15) is 5.76 Å². The van der Waals surface area contributed by atoms with Crippen molar-refractivity contribution in [2.75, 3.05) is 16.8 Å². The second-order valence-corrected chi connectivity index (χ2v) is 10.2.